The van der Waals surface area contributed by atoms with E-state index in [2.05, 4.69) is 30.9 Å². The van der Waals surface area contributed by atoms with Crippen LogP contribution in [0.2, 0.25) is 0 Å². The molecule has 1 amide bonds. The average molecular weight is 451 g/mol. The number of nitrogens with zero attached hydrogens (tertiary/aromatic N) is 4. The molecular formula is C26H22N6O2. The third-order valence-electron chi connectivity index (χ3n) is 5.33. The van der Waals surface area contributed by atoms with E-state index in [0.29, 0.717) is 18.9 Å². The molecule has 0 aliphatic heterocycles. The highest BCUT2D eigenvalue weighted by Gasteiger charge is 2.06. The summed E-state index contributed by atoms with van der Waals surface area (Å²) < 4.78 is 5.87. The standard InChI is InChI=1S/C26H22N6O2/c33-26(28-21-10-5-18(6-11-21)15-25-29-31-32-30-25)16-19-7-13-23(14-8-19)34-17-22-12-9-20-3-1-2-4-24(20)27-22/h1-14H,15-17H2,(H,28,33)(H,29,30,31,32). The minimum Gasteiger partial charge on any atom is -0.487 e. The number of carbonyl (C=O) groups is 1. The van der Waals surface area contributed by atoms with Gasteiger partial charge in [-0.1, -0.05) is 48.5 Å². The van der Waals surface area contributed by atoms with E-state index in [1.54, 1.807) is 0 Å². The van der Waals surface area contributed by atoms with Gasteiger partial charge in [0.1, 0.15) is 12.4 Å². The fourth-order valence-corrected chi connectivity index (χ4v) is 3.59. The number of para-hydroxylation sites is 1. The van der Waals surface area contributed by atoms with E-state index in [1.807, 2.05) is 84.9 Å². The van der Waals surface area contributed by atoms with Crippen LogP contribution in [0.1, 0.15) is 22.6 Å². The second kappa shape index (κ2) is 9.91. The Kier molecular flexibility index (Phi) is 6.20. The van der Waals surface area contributed by atoms with Gasteiger partial charge in [-0.15, -0.1) is 5.10 Å². The summed E-state index contributed by atoms with van der Waals surface area (Å²) in [6, 6.07) is 27.2. The number of pyridine rings is 1. The maximum absolute atomic E-state index is 12.4. The summed E-state index contributed by atoms with van der Waals surface area (Å²) in [5.74, 6) is 1.34. The first-order valence-electron chi connectivity index (χ1n) is 10.9. The van der Waals surface area contributed by atoms with Gasteiger partial charge in [0.15, 0.2) is 5.82 Å². The molecule has 0 aliphatic rings. The van der Waals surface area contributed by atoms with Gasteiger partial charge in [-0.2, -0.15) is 0 Å². The number of amides is 1. The van der Waals surface area contributed by atoms with E-state index in [-0.39, 0.29) is 12.3 Å². The van der Waals surface area contributed by atoms with Crippen molar-refractivity contribution in [2.45, 2.75) is 19.4 Å². The van der Waals surface area contributed by atoms with Crippen LogP contribution in [-0.2, 0) is 24.2 Å². The van der Waals surface area contributed by atoms with Gasteiger partial charge in [0, 0.05) is 17.5 Å². The summed E-state index contributed by atoms with van der Waals surface area (Å²) in [4.78, 5) is 17.1. The van der Waals surface area contributed by atoms with Crippen LogP contribution >= 0.6 is 0 Å². The van der Waals surface area contributed by atoms with E-state index >= 15 is 0 Å². The number of rotatable bonds is 8. The van der Waals surface area contributed by atoms with Gasteiger partial charge in [0.25, 0.3) is 0 Å². The lowest BCUT2D eigenvalue weighted by Gasteiger charge is -2.09. The van der Waals surface area contributed by atoms with Crippen LogP contribution in [0.25, 0.3) is 10.9 Å². The number of anilines is 1. The molecule has 0 saturated heterocycles. The largest absolute Gasteiger partial charge is 0.487 e. The Balaban J connectivity index is 1.12. The van der Waals surface area contributed by atoms with Crippen molar-refractivity contribution in [1.29, 1.82) is 0 Å². The van der Waals surface area contributed by atoms with E-state index in [4.69, 9.17) is 4.74 Å². The van der Waals surface area contributed by atoms with Gasteiger partial charge in [0.05, 0.1) is 17.6 Å². The summed E-state index contributed by atoms with van der Waals surface area (Å²) >= 11 is 0. The number of aromatic nitrogens is 5. The van der Waals surface area contributed by atoms with Gasteiger partial charge in [0.2, 0.25) is 5.91 Å². The fraction of sp³-hybridized carbons (Fsp3) is 0.115. The highest BCUT2D eigenvalue weighted by molar-refractivity contribution is 5.92. The third kappa shape index (κ3) is 5.42. The lowest BCUT2D eigenvalue weighted by molar-refractivity contribution is -0.115. The number of benzene rings is 3. The highest BCUT2D eigenvalue weighted by Crippen LogP contribution is 2.17. The molecule has 3 aromatic carbocycles. The lowest BCUT2D eigenvalue weighted by atomic mass is 10.1. The summed E-state index contributed by atoms with van der Waals surface area (Å²) in [5, 5.41) is 17.8. The zero-order valence-electron chi connectivity index (χ0n) is 18.3. The van der Waals surface area contributed by atoms with Crippen LogP contribution in [0.4, 0.5) is 5.69 Å². The summed E-state index contributed by atoms with van der Waals surface area (Å²) in [7, 11) is 0. The molecule has 0 atom stereocenters. The minimum atomic E-state index is -0.0822. The maximum atomic E-state index is 12.4. The number of tetrazole rings is 1. The van der Waals surface area contributed by atoms with Crippen molar-refractivity contribution in [3.63, 3.8) is 0 Å². The number of ether oxygens (including phenoxy) is 1. The summed E-state index contributed by atoms with van der Waals surface area (Å²) in [5.41, 5.74) is 4.51. The van der Waals surface area contributed by atoms with E-state index in [0.717, 1.165) is 39.2 Å². The van der Waals surface area contributed by atoms with Crippen molar-refractivity contribution in [2.24, 2.45) is 0 Å². The molecule has 5 aromatic rings. The number of H-pyrrole nitrogens is 1. The van der Waals surface area contributed by atoms with Crippen molar-refractivity contribution in [2.75, 3.05) is 5.32 Å². The Morgan fingerprint density at radius 3 is 2.47 bits per heavy atom. The van der Waals surface area contributed by atoms with Crippen molar-refractivity contribution in [1.82, 2.24) is 25.6 Å². The van der Waals surface area contributed by atoms with E-state index < -0.39 is 0 Å². The molecule has 2 heterocycles. The Hall–Kier alpha value is -4.59. The molecule has 0 bridgehead atoms. The van der Waals surface area contributed by atoms with Crippen molar-refractivity contribution in [3.8, 4) is 5.75 Å². The third-order valence-corrected chi connectivity index (χ3v) is 5.33. The van der Waals surface area contributed by atoms with E-state index in [1.165, 1.54) is 0 Å². The number of fused-ring (bicyclic) bond motifs is 1. The van der Waals surface area contributed by atoms with Gasteiger partial charge < -0.3 is 10.1 Å². The Morgan fingerprint density at radius 2 is 1.68 bits per heavy atom. The smallest absolute Gasteiger partial charge is 0.228 e. The molecule has 0 aliphatic carbocycles. The summed E-state index contributed by atoms with van der Waals surface area (Å²) in [6.45, 7) is 0.383. The van der Waals surface area contributed by atoms with Gasteiger partial charge in [-0.05, 0) is 58.0 Å². The number of hydrogen-bond acceptors (Lipinski definition) is 6. The van der Waals surface area contributed by atoms with Crippen LogP contribution in [0, 0.1) is 0 Å². The fourth-order valence-electron chi connectivity index (χ4n) is 3.59. The normalized spacial score (nSPS) is 10.8. The van der Waals surface area contributed by atoms with Gasteiger partial charge in [-0.3, -0.25) is 4.79 Å². The van der Waals surface area contributed by atoms with Gasteiger partial charge in [-0.25, -0.2) is 10.1 Å². The molecule has 8 heteroatoms. The molecule has 34 heavy (non-hydrogen) atoms. The Labute approximate surface area is 196 Å². The lowest BCUT2D eigenvalue weighted by Crippen LogP contribution is -2.14. The van der Waals surface area contributed by atoms with Crippen LogP contribution < -0.4 is 10.1 Å². The average Bonchev–Trinajstić information content (AvgIpc) is 3.38. The minimum absolute atomic E-state index is 0.0822. The monoisotopic (exact) mass is 450 g/mol. The summed E-state index contributed by atoms with van der Waals surface area (Å²) in [6.07, 6.45) is 0.880. The topological polar surface area (TPSA) is 106 Å². The molecule has 8 nitrogen and oxygen atoms in total. The molecule has 2 N–H and O–H groups in total. The molecule has 2 aromatic heterocycles. The first kappa shape index (κ1) is 21.3. The molecule has 0 radical (unpaired) electrons. The SMILES string of the molecule is O=C(Cc1ccc(OCc2ccc3ccccc3n2)cc1)Nc1ccc(Cc2nnn[nH]2)cc1. The molecule has 0 spiro atoms. The number of nitrogens with one attached hydrogen (secondary N) is 2. The van der Waals surface area contributed by atoms with Crippen LogP contribution in [0.3, 0.4) is 0 Å². The predicted molar refractivity (Wildman–Crippen MR) is 128 cm³/mol. The van der Waals surface area contributed by atoms with Crippen molar-refractivity contribution >= 4 is 22.5 Å². The Bertz CT molecular complexity index is 1380. The maximum Gasteiger partial charge on any atom is 0.228 e. The first-order valence-corrected chi connectivity index (χ1v) is 10.9. The highest BCUT2D eigenvalue weighted by atomic mass is 16.5. The molecule has 0 saturated carbocycles. The quantitative estimate of drug-likeness (QED) is 0.369. The van der Waals surface area contributed by atoms with Crippen molar-refractivity contribution in [3.05, 3.63) is 108 Å². The van der Waals surface area contributed by atoms with Gasteiger partial charge >= 0.3 is 0 Å². The molecule has 168 valence electrons. The zero-order chi connectivity index (χ0) is 23.2. The molecule has 5 rings (SSSR count). The van der Waals surface area contributed by atoms with Crippen LogP contribution in [-0.4, -0.2) is 31.5 Å². The van der Waals surface area contributed by atoms with Crippen molar-refractivity contribution < 1.29 is 9.53 Å². The predicted octanol–water partition coefficient (Wildman–Crippen LogP) is 4.10. The first-order chi connectivity index (χ1) is 16.7. The van der Waals surface area contributed by atoms with Crippen LogP contribution in [0.5, 0.6) is 5.75 Å². The second-order valence-corrected chi connectivity index (χ2v) is 7.87. The Morgan fingerprint density at radius 1 is 0.882 bits per heavy atom. The number of carbonyl (C=O) groups excluding carboxylic acids is 1. The number of aromatic amines is 1. The number of hydrogen-bond donors (Lipinski definition) is 2. The van der Waals surface area contributed by atoms with Crippen LogP contribution in [0.15, 0.2) is 84.9 Å². The zero-order valence-corrected chi connectivity index (χ0v) is 18.3. The molecule has 0 fully saturated rings. The molecule has 0 unspecified atom stereocenters. The second-order valence-electron chi connectivity index (χ2n) is 7.87. The molecular weight excluding hydrogens is 428 g/mol. The van der Waals surface area contributed by atoms with E-state index in [9.17, 15) is 4.79 Å².